The number of carbonyl (C=O) groups excluding carboxylic acids is 1. The third-order valence-electron chi connectivity index (χ3n) is 3.64. The predicted molar refractivity (Wildman–Crippen MR) is 81.0 cm³/mol. The molecule has 0 aliphatic heterocycles. The maximum Gasteiger partial charge on any atom is 0.198 e. The molecule has 0 fully saturated rings. The molecule has 2 aromatic rings. The Kier molecular flexibility index (Phi) is 3.78. The van der Waals surface area contributed by atoms with Gasteiger partial charge in [0.05, 0.1) is 0 Å². The molecule has 0 bridgehead atoms. The Hall–Kier alpha value is -1.93. The van der Waals surface area contributed by atoms with E-state index in [0.717, 1.165) is 16.7 Å². The number of hydrogen-bond acceptors (Lipinski definition) is 2. The van der Waals surface area contributed by atoms with Crippen molar-refractivity contribution in [2.24, 2.45) is 0 Å². The number of ketones is 1. The largest absolute Gasteiger partial charge is 0.377 e. The molecule has 104 valence electrons. The Bertz CT molecular complexity index is 617. The second-order valence-electron chi connectivity index (χ2n) is 5.54. The van der Waals surface area contributed by atoms with Crippen molar-refractivity contribution in [1.82, 2.24) is 0 Å². The molecular formula is C18H20O2. The summed E-state index contributed by atoms with van der Waals surface area (Å²) < 4.78 is 0. The van der Waals surface area contributed by atoms with Gasteiger partial charge in [-0.05, 0) is 44.4 Å². The van der Waals surface area contributed by atoms with Crippen molar-refractivity contribution in [2.75, 3.05) is 0 Å². The predicted octanol–water partition coefficient (Wildman–Crippen LogP) is 3.70. The van der Waals surface area contributed by atoms with Gasteiger partial charge < -0.3 is 5.11 Å². The highest BCUT2D eigenvalue weighted by atomic mass is 16.3. The zero-order chi connectivity index (χ0) is 14.9. The fourth-order valence-corrected chi connectivity index (χ4v) is 2.93. The van der Waals surface area contributed by atoms with Crippen molar-refractivity contribution in [2.45, 2.75) is 33.3 Å². The zero-order valence-corrected chi connectivity index (χ0v) is 12.4. The number of aliphatic hydroxyl groups is 1. The lowest BCUT2D eigenvalue weighted by molar-refractivity contribution is 0.0387. The topological polar surface area (TPSA) is 37.3 Å². The molecule has 1 atom stereocenters. The zero-order valence-electron chi connectivity index (χ0n) is 12.4. The van der Waals surface area contributed by atoms with Gasteiger partial charge in [-0.1, -0.05) is 48.0 Å². The second kappa shape index (κ2) is 5.22. The monoisotopic (exact) mass is 268 g/mol. The van der Waals surface area contributed by atoms with Crippen molar-refractivity contribution in [3.63, 3.8) is 0 Å². The summed E-state index contributed by atoms with van der Waals surface area (Å²) in [6.45, 7) is 7.45. The Morgan fingerprint density at radius 2 is 1.50 bits per heavy atom. The summed E-state index contributed by atoms with van der Waals surface area (Å²) in [4.78, 5) is 12.6. The van der Waals surface area contributed by atoms with Crippen molar-refractivity contribution in [1.29, 1.82) is 0 Å². The summed E-state index contributed by atoms with van der Waals surface area (Å²) in [6.07, 6.45) is 0. The average molecular weight is 268 g/mol. The lowest BCUT2D eigenvalue weighted by atomic mass is 9.82. The van der Waals surface area contributed by atoms with E-state index in [2.05, 4.69) is 0 Å². The minimum Gasteiger partial charge on any atom is -0.377 e. The molecule has 0 saturated heterocycles. The molecular weight excluding hydrogens is 248 g/mol. The van der Waals surface area contributed by atoms with Gasteiger partial charge in [0.25, 0.3) is 0 Å². The van der Waals surface area contributed by atoms with Crippen LogP contribution in [0.3, 0.4) is 0 Å². The van der Waals surface area contributed by atoms with Crippen LogP contribution in [-0.2, 0) is 5.60 Å². The van der Waals surface area contributed by atoms with E-state index in [9.17, 15) is 9.90 Å². The molecule has 0 spiro atoms. The van der Waals surface area contributed by atoms with E-state index in [1.807, 2.05) is 39.0 Å². The number of rotatable bonds is 3. The van der Waals surface area contributed by atoms with E-state index in [-0.39, 0.29) is 5.78 Å². The molecule has 0 saturated carbocycles. The fraction of sp³-hybridized carbons (Fsp3) is 0.278. The first-order valence-corrected chi connectivity index (χ1v) is 6.74. The smallest absolute Gasteiger partial charge is 0.198 e. The third kappa shape index (κ3) is 2.52. The van der Waals surface area contributed by atoms with E-state index in [1.165, 1.54) is 0 Å². The van der Waals surface area contributed by atoms with Crippen molar-refractivity contribution in [3.8, 4) is 0 Å². The Balaban J connectivity index is 2.53. The van der Waals surface area contributed by atoms with Crippen LogP contribution in [0.25, 0.3) is 0 Å². The van der Waals surface area contributed by atoms with Crippen LogP contribution in [0, 0.1) is 20.8 Å². The standard InChI is InChI=1S/C18H20O2/c1-12-10-13(2)16(14(3)11-12)18(4,20)17(19)15-8-6-5-7-9-15/h5-11,20H,1-4H3. The molecule has 2 nitrogen and oxygen atoms in total. The number of aryl methyl sites for hydroxylation is 3. The normalized spacial score (nSPS) is 13.8. The molecule has 0 aromatic heterocycles. The summed E-state index contributed by atoms with van der Waals surface area (Å²) in [5, 5.41) is 10.8. The van der Waals surface area contributed by atoms with Gasteiger partial charge in [0.1, 0.15) is 5.60 Å². The highest BCUT2D eigenvalue weighted by Gasteiger charge is 2.35. The molecule has 2 aromatic carbocycles. The lowest BCUT2D eigenvalue weighted by Crippen LogP contribution is -2.34. The first-order chi connectivity index (χ1) is 9.34. The number of benzene rings is 2. The second-order valence-corrected chi connectivity index (χ2v) is 5.54. The molecule has 2 heteroatoms. The van der Waals surface area contributed by atoms with Gasteiger partial charge in [-0.15, -0.1) is 0 Å². The maximum absolute atomic E-state index is 12.6. The van der Waals surface area contributed by atoms with E-state index < -0.39 is 5.60 Å². The van der Waals surface area contributed by atoms with Crippen LogP contribution in [0.5, 0.6) is 0 Å². The minimum atomic E-state index is -1.51. The third-order valence-corrected chi connectivity index (χ3v) is 3.64. The Morgan fingerprint density at radius 1 is 1.00 bits per heavy atom. The molecule has 0 radical (unpaired) electrons. The van der Waals surface area contributed by atoms with E-state index in [1.54, 1.807) is 31.2 Å². The summed E-state index contributed by atoms with van der Waals surface area (Å²) in [5.41, 5.74) is 2.73. The molecule has 1 N–H and O–H groups in total. The van der Waals surface area contributed by atoms with Gasteiger partial charge in [0.2, 0.25) is 0 Å². The van der Waals surface area contributed by atoms with Crippen molar-refractivity contribution in [3.05, 3.63) is 70.3 Å². The van der Waals surface area contributed by atoms with E-state index in [4.69, 9.17) is 0 Å². The van der Waals surface area contributed by atoms with Gasteiger partial charge in [0, 0.05) is 5.56 Å². The molecule has 1 unspecified atom stereocenters. The minimum absolute atomic E-state index is 0.270. The van der Waals surface area contributed by atoms with Gasteiger partial charge >= 0.3 is 0 Å². The van der Waals surface area contributed by atoms with Gasteiger partial charge in [0.15, 0.2) is 5.78 Å². The summed E-state index contributed by atoms with van der Waals surface area (Å²) in [6, 6.07) is 12.9. The van der Waals surface area contributed by atoms with Crippen LogP contribution in [0.15, 0.2) is 42.5 Å². The molecule has 0 heterocycles. The number of hydrogen-bond donors (Lipinski definition) is 1. The van der Waals surface area contributed by atoms with Crippen LogP contribution in [-0.4, -0.2) is 10.9 Å². The summed E-state index contributed by atoms with van der Waals surface area (Å²) in [7, 11) is 0. The maximum atomic E-state index is 12.6. The average Bonchev–Trinajstić information content (AvgIpc) is 2.37. The van der Waals surface area contributed by atoms with Crippen LogP contribution in [0.2, 0.25) is 0 Å². The van der Waals surface area contributed by atoms with Crippen LogP contribution in [0.1, 0.15) is 39.5 Å². The molecule has 0 aliphatic rings. The first kappa shape index (κ1) is 14.5. The highest BCUT2D eigenvalue weighted by molar-refractivity contribution is 6.02. The number of Topliss-reactive ketones (excluding diaryl/α,β-unsaturated/α-hetero) is 1. The van der Waals surface area contributed by atoms with Crippen LogP contribution >= 0.6 is 0 Å². The van der Waals surface area contributed by atoms with Crippen molar-refractivity contribution < 1.29 is 9.90 Å². The fourth-order valence-electron chi connectivity index (χ4n) is 2.93. The molecule has 0 amide bonds. The van der Waals surface area contributed by atoms with Crippen LogP contribution in [0.4, 0.5) is 0 Å². The number of carbonyl (C=O) groups is 1. The lowest BCUT2D eigenvalue weighted by Gasteiger charge is -2.26. The quantitative estimate of drug-likeness (QED) is 0.862. The summed E-state index contributed by atoms with van der Waals surface area (Å²) in [5.74, 6) is -0.270. The molecule has 0 aliphatic carbocycles. The van der Waals surface area contributed by atoms with Gasteiger partial charge in [-0.3, -0.25) is 4.79 Å². The van der Waals surface area contributed by atoms with Crippen molar-refractivity contribution >= 4 is 5.78 Å². The van der Waals surface area contributed by atoms with Crippen LogP contribution < -0.4 is 0 Å². The Morgan fingerprint density at radius 3 is 2.00 bits per heavy atom. The van der Waals surface area contributed by atoms with Gasteiger partial charge in [-0.25, -0.2) is 0 Å². The Labute approximate surface area is 120 Å². The molecule has 2 rings (SSSR count). The SMILES string of the molecule is Cc1cc(C)c(C(C)(O)C(=O)c2ccccc2)c(C)c1. The summed E-state index contributed by atoms with van der Waals surface area (Å²) >= 11 is 0. The van der Waals surface area contributed by atoms with E-state index in [0.29, 0.717) is 11.1 Å². The van der Waals surface area contributed by atoms with Gasteiger partial charge in [-0.2, -0.15) is 0 Å². The first-order valence-electron chi connectivity index (χ1n) is 6.74. The molecule has 20 heavy (non-hydrogen) atoms. The highest BCUT2D eigenvalue weighted by Crippen LogP contribution is 2.31. The van der Waals surface area contributed by atoms with E-state index >= 15 is 0 Å².